The lowest BCUT2D eigenvalue weighted by atomic mass is 9.97. The van der Waals surface area contributed by atoms with Crippen molar-refractivity contribution in [3.63, 3.8) is 0 Å². The van der Waals surface area contributed by atoms with E-state index in [-0.39, 0.29) is 5.56 Å². The maximum atomic E-state index is 11.9. The molecule has 1 heterocycles. The zero-order chi connectivity index (χ0) is 13.5. The van der Waals surface area contributed by atoms with Crippen molar-refractivity contribution >= 4 is 5.95 Å². The first kappa shape index (κ1) is 14.1. The normalized spacial score (nSPS) is 14.2. The topological polar surface area (TPSA) is 83.8 Å². The van der Waals surface area contributed by atoms with Gasteiger partial charge in [0.1, 0.15) is 0 Å². The number of aromatic nitrogens is 2. The number of unbranched alkanes of at least 4 members (excludes halogenated alkanes) is 3. The Bertz CT molecular complexity index is 455. The van der Waals surface area contributed by atoms with Crippen LogP contribution in [0.1, 0.15) is 49.8 Å². The van der Waals surface area contributed by atoms with Gasteiger partial charge in [-0.05, 0) is 45.1 Å². The smallest absolute Gasteiger partial charge is 0.255 e. The summed E-state index contributed by atoms with van der Waals surface area (Å²) in [6.07, 6.45) is 8.57. The summed E-state index contributed by atoms with van der Waals surface area (Å²) in [7, 11) is 0. The Kier molecular flexibility index (Phi) is 5.39. The molecule has 1 aliphatic carbocycles. The highest BCUT2D eigenvalue weighted by molar-refractivity contribution is 5.30. The molecule has 2 rings (SSSR count). The van der Waals surface area contributed by atoms with Crippen LogP contribution in [0.2, 0.25) is 0 Å². The van der Waals surface area contributed by atoms with Crippen LogP contribution in [0.4, 0.5) is 5.95 Å². The van der Waals surface area contributed by atoms with Gasteiger partial charge in [-0.3, -0.25) is 9.78 Å². The molecule has 0 aliphatic heterocycles. The van der Waals surface area contributed by atoms with Gasteiger partial charge in [-0.25, -0.2) is 4.98 Å². The van der Waals surface area contributed by atoms with Crippen molar-refractivity contribution in [1.29, 1.82) is 0 Å². The third-order valence-electron chi connectivity index (χ3n) is 3.61. The Balaban J connectivity index is 1.84. The fourth-order valence-corrected chi connectivity index (χ4v) is 2.52. The number of anilines is 1. The van der Waals surface area contributed by atoms with Gasteiger partial charge in [0, 0.05) is 12.1 Å². The molecule has 0 atom stereocenters. The average molecular weight is 264 g/mol. The Morgan fingerprint density at radius 2 is 1.95 bits per heavy atom. The molecule has 106 valence electrons. The van der Waals surface area contributed by atoms with Crippen molar-refractivity contribution in [2.24, 2.45) is 5.73 Å². The summed E-state index contributed by atoms with van der Waals surface area (Å²) < 4.78 is 0. The van der Waals surface area contributed by atoms with Crippen molar-refractivity contribution < 1.29 is 0 Å². The monoisotopic (exact) mass is 264 g/mol. The van der Waals surface area contributed by atoms with Gasteiger partial charge >= 0.3 is 0 Å². The summed E-state index contributed by atoms with van der Waals surface area (Å²) in [4.78, 5) is 19.3. The maximum absolute atomic E-state index is 11.9. The first-order valence-corrected chi connectivity index (χ1v) is 7.37. The standard InChI is InChI=1S/C14H24N4O/c15-9-5-1-2-6-10-16-14-17-12-8-4-3-7-11(12)13(19)18-14/h1-10,15H2,(H2,16,17,18,19). The van der Waals surface area contributed by atoms with Gasteiger partial charge in [0.25, 0.3) is 5.56 Å². The minimum absolute atomic E-state index is 0.0373. The highest BCUT2D eigenvalue weighted by Crippen LogP contribution is 2.16. The molecule has 0 fully saturated rings. The molecule has 1 aliphatic rings. The number of rotatable bonds is 7. The molecule has 0 spiro atoms. The van der Waals surface area contributed by atoms with Gasteiger partial charge in [0.2, 0.25) is 5.95 Å². The summed E-state index contributed by atoms with van der Waals surface area (Å²) >= 11 is 0. The largest absolute Gasteiger partial charge is 0.356 e. The molecule has 5 nitrogen and oxygen atoms in total. The number of nitrogens with zero attached hydrogens (tertiary/aromatic N) is 1. The van der Waals surface area contributed by atoms with Gasteiger partial charge in [0.05, 0.1) is 5.69 Å². The number of nitrogens with two attached hydrogens (primary N) is 1. The summed E-state index contributed by atoms with van der Waals surface area (Å²) in [5, 5.41) is 3.21. The molecule has 0 saturated heterocycles. The maximum Gasteiger partial charge on any atom is 0.255 e. The SMILES string of the molecule is NCCCCCCNc1nc2c(c(=O)[nH]1)CCCC2. The van der Waals surface area contributed by atoms with Gasteiger partial charge < -0.3 is 11.1 Å². The quantitative estimate of drug-likeness (QED) is 0.653. The molecule has 1 aromatic heterocycles. The van der Waals surface area contributed by atoms with Crippen LogP contribution in [0.5, 0.6) is 0 Å². The van der Waals surface area contributed by atoms with Crippen LogP contribution in [0.15, 0.2) is 4.79 Å². The summed E-state index contributed by atoms with van der Waals surface area (Å²) in [5.41, 5.74) is 7.36. The minimum Gasteiger partial charge on any atom is -0.356 e. The zero-order valence-corrected chi connectivity index (χ0v) is 11.5. The second-order valence-electron chi connectivity index (χ2n) is 5.18. The molecule has 0 bridgehead atoms. The summed E-state index contributed by atoms with van der Waals surface area (Å²) in [5.74, 6) is 0.629. The molecule has 19 heavy (non-hydrogen) atoms. The highest BCUT2D eigenvalue weighted by atomic mass is 16.1. The average Bonchev–Trinajstić information content (AvgIpc) is 2.43. The number of H-pyrrole nitrogens is 1. The molecule has 0 saturated carbocycles. The predicted molar refractivity (Wildman–Crippen MR) is 77.5 cm³/mol. The Morgan fingerprint density at radius 1 is 1.16 bits per heavy atom. The van der Waals surface area contributed by atoms with Crippen LogP contribution in [0.3, 0.4) is 0 Å². The van der Waals surface area contributed by atoms with E-state index >= 15 is 0 Å². The lowest BCUT2D eigenvalue weighted by Gasteiger charge is -2.15. The van der Waals surface area contributed by atoms with E-state index in [2.05, 4.69) is 15.3 Å². The molecule has 5 heteroatoms. The van der Waals surface area contributed by atoms with Crippen molar-refractivity contribution in [2.45, 2.75) is 51.4 Å². The van der Waals surface area contributed by atoms with Crippen LogP contribution < -0.4 is 16.6 Å². The van der Waals surface area contributed by atoms with Gasteiger partial charge in [0.15, 0.2) is 0 Å². The fraction of sp³-hybridized carbons (Fsp3) is 0.714. The first-order valence-electron chi connectivity index (χ1n) is 7.37. The van der Waals surface area contributed by atoms with Gasteiger partial charge in [-0.1, -0.05) is 12.8 Å². The number of hydrogen-bond acceptors (Lipinski definition) is 4. The van der Waals surface area contributed by atoms with Crippen LogP contribution in [0.25, 0.3) is 0 Å². The van der Waals surface area contributed by atoms with E-state index in [0.29, 0.717) is 5.95 Å². The third-order valence-corrected chi connectivity index (χ3v) is 3.61. The van der Waals surface area contributed by atoms with E-state index in [4.69, 9.17) is 5.73 Å². The Morgan fingerprint density at radius 3 is 2.79 bits per heavy atom. The second-order valence-corrected chi connectivity index (χ2v) is 5.18. The molecule has 0 aromatic carbocycles. The fourth-order valence-electron chi connectivity index (χ4n) is 2.52. The summed E-state index contributed by atoms with van der Waals surface area (Å²) in [6.45, 7) is 1.62. The van der Waals surface area contributed by atoms with E-state index in [0.717, 1.165) is 62.9 Å². The number of hydrogen-bond donors (Lipinski definition) is 3. The van der Waals surface area contributed by atoms with Crippen molar-refractivity contribution in [1.82, 2.24) is 9.97 Å². The van der Waals surface area contributed by atoms with Crippen molar-refractivity contribution in [3.05, 3.63) is 21.6 Å². The number of nitrogens with one attached hydrogen (secondary N) is 2. The number of fused-ring (bicyclic) bond motifs is 1. The van der Waals surface area contributed by atoms with Crippen LogP contribution in [-0.4, -0.2) is 23.1 Å². The third kappa shape index (κ3) is 4.06. The molecular weight excluding hydrogens is 240 g/mol. The Hall–Kier alpha value is -1.36. The van der Waals surface area contributed by atoms with E-state index in [1.807, 2.05) is 0 Å². The lowest BCUT2D eigenvalue weighted by molar-refractivity contribution is 0.650. The number of aryl methyl sites for hydroxylation is 1. The van der Waals surface area contributed by atoms with Crippen LogP contribution in [0, 0.1) is 0 Å². The van der Waals surface area contributed by atoms with E-state index in [1.165, 1.54) is 12.8 Å². The molecular formula is C14H24N4O. The van der Waals surface area contributed by atoms with Crippen molar-refractivity contribution in [3.8, 4) is 0 Å². The summed E-state index contributed by atoms with van der Waals surface area (Å²) in [6, 6.07) is 0. The zero-order valence-electron chi connectivity index (χ0n) is 11.5. The predicted octanol–water partition coefficient (Wildman–Crippen LogP) is 1.58. The molecule has 0 amide bonds. The molecule has 0 unspecified atom stereocenters. The molecule has 0 radical (unpaired) electrons. The number of aromatic amines is 1. The van der Waals surface area contributed by atoms with Crippen molar-refractivity contribution in [2.75, 3.05) is 18.4 Å². The van der Waals surface area contributed by atoms with Crippen LogP contribution in [-0.2, 0) is 12.8 Å². The highest BCUT2D eigenvalue weighted by Gasteiger charge is 2.15. The first-order chi connectivity index (χ1) is 9.31. The lowest BCUT2D eigenvalue weighted by Crippen LogP contribution is -2.23. The molecule has 4 N–H and O–H groups in total. The van der Waals surface area contributed by atoms with Gasteiger partial charge in [-0.15, -0.1) is 0 Å². The van der Waals surface area contributed by atoms with Crippen LogP contribution >= 0.6 is 0 Å². The van der Waals surface area contributed by atoms with E-state index < -0.39 is 0 Å². The second kappa shape index (κ2) is 7.28. The van der Waals surface area contributed by atoms with Gasteiger partial charge in [-0.2, -0.15) is 0 Å². The molecule has 1 aromatic rings. The van der Waals surface area contributed by atoms with E-state index in [1.54, 1.807) is 0 Å². The minimum atomic E-state index is 0.0373. The Labute approximate surface area is 114 Å². The van der Waals surface area contributed by atoms with E-state index in [9.17, 15) is 4.79 Å².